The van der Waals surface area contributed by atoms with E-state index >= 15 is 0 Å². The summed E-state index contributed by atoms with van der Waals surface area (Å²) in [7, 11) is -3.20. The van der Waals surface area contributed by atoms with E-state index in [1.54, 1.807) is 0 Å². The summed E-state index contributed by atoms with van der Waals surface area (Å²) in [4.78, 5) is 51.1. The van der Waals surface area contributed by atoms with Crippen LogP contribution in [0.4, 0.5) is 0 Å². The van der Waals surface area contributed by atoms with Crippen molar-refractivity contribution in [1.29, 1.82) is 0 Å². The van der Waals surface area contributed by atoms with Gasteiger partial charge in [0.1, 0.15) is 22.5 Å². The second kappa shape index (κ2) is 20.4. The summed E-state index contributed by atoms with van der Waals surface area (Å²) in [5, 5.41) is 5.28. The van der Waals surface area contributed by atoms with E-state index in [1.165, 1.54) is 50.5 Å². The minimum atomic E-state index is -3.20. The van der Waals surface area contributed by atoms with E-state index in [-0.39, 0.29) is 68.1 Å². The molecule has 0 radical (unpaired) electrons. The predicted molar refractivity (Wildman–Crippen MR) is 227 cm³/mol. The standard InChI is InChI=1S/C47H72N2O8S/c1-32(2)11-10-12-33(3)39-17-18-40-38-16-15-36-31-37(21-23-46(36,4)41(38)22-24-47(39,40)5)57-44(52)30-35(29-34-13-8-7-9-14-34)45(53)49-25-27-56-43(51)20-19-42(50)48-26-28-58(6,54)55/h7-9,13-15,32-33,35,37-41H,10-12,16-31H2,1-6H3,(H,48,50)(H,49,53)/t33-,35-,37+,38+,39?,40+,41+,46+,47-/m1/s1. The lowest BCUT2D eigenvalue weighted by molar-refractivity contribution is -0.154. The van der Waals surface area contributed by atoms with E-state index in [2.05, 4.69) is 51.3 Å². The second-order valence-electron chi connectivity index (χ2n) is 19.2. The summed E-state index contributed by atoms with van der Waals surface area (Å²) in [6.07, 6.45) is 16.6. The van der Waals surface area contributed by atoms with Crippen LogP contribution in [0.3, 0.4) is 0 Å². The van der Waals surface area contributed by atoms with Crippen molar-refractivity contribution in [2.45, 2.75) is 137 Å². The molecule has 3 fully saturated rings. The molecule has 3 saturated carbocycles. The van der Waals surface area contributed by atoms with Crippen molar-refractivity contribution < 1.29 is 37.1 Å². The molecule has 11 heteroatoms. The Morgan fingerprint density at radius 1 is 0.879 bits per heavy atom. The van der Waals surface area contributed by atoms with Gasteiger partial charge in [-0.15, -0.1) is 0 Å². The van der Waals surface area contributed by atoms with Crippen molar-refractivity contribution in [2.75, 3.05) is 31.7 Å². The van der Waals surface area contributed by atoms with E-state index < -0.39 is 27.6 Å². The monoisotopic (exact) mass is 825 g/mol. The Bertz CT molecular complexity index is 1710. The van der Waals surface area contributed by atoms with E-state index in [1.807, 2.05) is 30.3 Å². The minimum Gasteiger partial charge on any atom is -0.464 e. The van der Waals surface area contributed by atoms with Crippen molar-refractivity contribution in [2.24, 2.45) is 52.3 Å². The van der Waals surface area contributed by atoms with Crippen molar-refractivity contribution in [1.82, 2.24) is 10.6 Å². The van der Waals surface area contributed by atoms with Crippen molar-refractivity contribution in [3.8, 4) is 0 Å². The van der Waals surface area contributed by atoms with Gasteiger partial charge >= 0.3 is 11.9 Å². The van der Waals surface area contributed by atoms with Crippen LogP contribution >= 0.6 is 0 Å². The summed E-state index contributed by atoms with van der Waals surface area (Å²) in [5.74, 6) is 2.08. The zero-order valence-electron chi connectivity index (χ0n) is 36.2. The molecular weight excluding hydrogens is 753 g/mol. The van der Waals surface area contributed by atoms with Crippen LogP contribution in [0, 0.1) is 52.3 Å². The van der Waals surface area contributed by atoms with Gasteiger partial charge in [0, 0.05) is 25.6 Å². The van der Waals surface area contributed by atoms with E-state index in [0.29, 0.717) is 17.8 Å². The maximum Gasteiger partial charge on any atom is 0.306 e. The number of amides is 2. The lowest BCUT2D eigenvalue weighted by Gasteiger charge is -2.58. The number of sulfone groups is 1. The first-order valence-electron chi connectivity index (χ1n) is 22.3. The fourth-order valence-electron chi connectivity index (χ4n) is 11.6. The molecule has 2 N–H and O–H groups in total. The Hall–Kier alpha value is -3.21. The van der Waals surface area contributed by atoms with Gasteiger partial charge in [-0.1, -0.05) is 95.9 Å². The molecule has 2 amide bonds. The van der Waals surface area contributed by atoms with Crippen LogP contribution in [0.25, 0.3) is 0 Å². The smallest absolute Gasteiger partial charge is 0.306 e. The Morgan fingerprint density at radius 3 is 2.36 bits per heavy atom. The number of carbonyl (C=O) groups excluding carboxylic acids is 4. The fraction of sp³-hybridized carbons (Fsp3) is 0.745. The lowest BCUT2D eigenvalue weighted by Crippen LogP contribution is -2.51. The molecule has 4 aliphatic rings. The molecule has 324 valence electrons. The molecule has 0 heterocycles. The predicted octanol–water partition coefficient (Wildman–Crippen LogP) is 7.79. The number of allylic oxidation sites excluding steroid dienone is 1. The molecular formula is C47H72N2O8S. The second-order valence-corrected chi connectivity index (χ2v) is 21.5. The van der Waals surface area contributed by atoms with Gasteiger partial charge in [-0.3, -0.25) is 19.2 Å². The SMILES string of the molecule is CC(C)CCC[C@@H](C)C1CC[C@H]2[C@@H]3CC=C4C[C@@H](OC(=O)C[C@@H](Cc5ccccc5)C(=O)NCCOC(=O)CCC(=O)NCCS(C)(=O)=O)CC[C@]4(C)[C@H]3CC[C@]12C. The Balaban J connectivity index is 1.10. The number of carbonyl (C=O) groups is 4. The number of ether oxygens (including phenoxy) is 2. The Labute approximate surface area is 348 Å². The first-order valence-corrected chi connectivity index (χ1v) is 24.3. The zero-order chi connectivity index (χ0) is 42.1. The van der Waals surface area contributed by atoms with Crippen LogP contribution in [-0.4, -0.2) is 70.0 Å². The number of hydrogen-bond acceptors (Lipinski definition) is 8. The van der Waals surface area contributed by atoms with Gasteiger partial charge in [0.05, 0.1) is 31.1 Å². The van der Waals surface area contributed by atoms with Gasteiger partial charge in [0.2, 0.25) is 11.8 Å². The summed E-state index contributed by atoms with van der Waals surface area (Å²) in [6, 6.07) is 9.59. The average molecular weight is 825 g/mol. The molecule has 1 aromatic rings. The first kappa shape index (κ1) is 45.9. The van der Waals surface area contributed by atoms with Crippen LogP contribution in [0.1, 0.15) is 130 Å². The molecule has 1 aromatic carbocycles. The van der Waals surface area contributed by atoms with Crippen molar-refractivity contribution in [3.05, 3.63) is 47.5 Å². The van der Waals surface area contributed by atoms with Crippen LogP contribution in [0.2, 0.25) is 0 Å². The molecule has 9 atom stereocenters. The zero-order valence-corrected chi connectivity index (χ0v) is 37.0. The van der Waals surface area contributed by atoms with Gasteiger partial charge in [-0.05, 0) is 103 Å². The van der Waals surface area contributed by atoms with Gasteiger partial charge < -0.3 is 20.1 Å². The highest BCUT2D eigenvalue weighted by atomic mass is 32.2. The van der Waals surface area contributed by atoms with Crippen molar-refractivity contribution in [3.63, 3.8) is 0 Å². The summed E-state index contributed by atoms with van der Waals surface area (Å²) >= 11 is 0. The fourth-order valence-corrected chi connectivity index (χ4v) is 12.1. The number of benzene rings is 1. The summed E-state index contributed by atoms with van der Waals surface area (Å²) in [5.41, 5.74) is 3.01. The maximum atomic E-state index is 13.5. The highest BCUT2D eigenvalue weighted by Gasteiger charge is 2.59. The van der Waals surface area contributed by atoms with Crippen LogP contribution in [0.5, 0.6) is 0 Å². The third kappa shape index (κ3) is 12.2. The Morgan fingerprint density at radius 2 is 1.64 bits per heavy atom. The third-order valence-corrected chi connectivity index (χ3v) is 15.6. The molecule has 0 aromatic heterocycles. The molecule has 10 nitrogen and oxygen atoms in total. The topological polar surface area (TPSA) is 145 Å². The molecule has 0 aliphatic heterocycles. The molecule has 4 aliphatic carbocycles. The highest BCUT2D eigenvalue weighted by Crippen LogP contribution is 2.67. The maximum absolute atomic E-state index is 13.5. The molecule has 0 spiro atoms. The largest absolute Gasteiger partial charge is 0.464 e. The van der Waals surface area contributed by atoms with E-state index in [0.717, 1.165) is 67.1 Å². The molecule has 58 heavy (non-hydrogen) atoms. The quantitative estimate of drug-likeness (QED) is 0.0771. The lowest BCUT2D eigenvalue weighted by atomic mass is 9.47. The molecule has 5 rings (SSSR count). The van der Waals surface area contributed by atoms with E-state index in [4.69, 9.17) is 9.47 Å². The van der Waals surface area contributed by atoms with Crippen LogP contribution < -0.4 is 10.6 Å². The summed E-state index contributed by atoms with van der Waals surface area (Å²) < 4.78 is 33.8. The first-order chi connectivity index (χ1) is 27.5. The number of fused-ring (bicyclic) bond motifs is 5. The van der Waals surface area contributed by atoms with Gasteiger partial charge in [-0.2, -0.15) is 0 Å². The van der Waals surface area contributed by atoms with Crippen molar-refractivity contribution >= 4 is 33.6 Å². The van der Waals surface area contributed by atoms with Gasteiger partial charge in [0.15, 0.2) is 0 Å². The van der Waals surface area contributed by atoms with Gasteiger partial charge in [0.25, 0.3) is 0 Å². The molecule has 1 unspecified atom stereocenters. The molecule has 0 saturated heterocycles. The summed E-state index contributed by atoms with van der Waals surface area (Å²) in [6.45, 7) is 12.3. The van der Waals surface area contributed by atoms with Crippen LogP contribution in [0.15, 0.2) is 42.0 Å². The number of hydrogen-bond donors (Lipinski definition) is 2. The van der Waals surface area contributed by atoms with Crippen LogP contribution in [-0.2, 0) is 44.9 Å². The molecule has 0 bridgehead atoms. The van der Waals surface area contributed by atoms with E-state index in [9.17, 15) is 27.6 Å². The van der Waals surface area contributed by atoms with Gasteiger partial charge in [-0.25, -0.2) is 8.42 Å². The normalized spacial score (nSPS) is 28.9. The number of esters is 2. The number of rotatable bonds is 20. The average Bonchev–Trinajstić information content (AvgIpc) is 3.52. The Kier molecular flexibility index (Phi) is 16.1. The number of nitrogens with one attached hydrogen (secondary N) is 2. The highest BCUT2D eigenvalue weighted by molar-refractivity contribution is 7.90. The third-order valence-electron chi connectivity index (χ3n) is 14.7. The minimum absolute atomic E-state index is 0.0196.